The number of fused-ring (bicyclic) bond motifs is 1. The van der Waals surface area contributed by atoms with Gasteiger partial charge in [0.2, 0.25) is 0 Å². The van der Waals surface area contributed by atoms with Crippen LogP contribution in [0.15, 0.2) is 59.5 Å². The van der Waals surface area contributed by atoms with E-state index in [0.717, 1.165) is 10.1 Å². The van der Waals surface area contributed by atoms with E-state index in [1.165, 1.54) is 12.1 Å². The number of nitrogens with zero attached hydrogens (tertiary/aromatic N) is 2. The number of aromatic nitrogens is 2. The van der Waals surface area contributed by atoms with Crippen molar-refractivity contribution in [2.45, 2.75) is 12.6 Å². The second-order valence-corrected chi connectivity index (χ2v) is 4.76. The molecule has 1 atom stereocenters. The molecule has 1 N–H and O–H groups in total. The molecule has 0 radical (unpaired) electrons. The van der Waals surface area contributed by atoms with Crippen molar-refractivity contribution < 1.29 is 9.50 Å². The van der Waals surface area contributed by atoms with Crippen molar-refractivity contribution in [3.05, 3.63) is 76.5 Å². The number of aliphatic hydroxyl groups is 1. The molecule has 2 aromatic carbocycles. The lowest BCUT2D eigenvalue weighted by Gasteiger charge is -2.13. The summed E-state index contributed by atoms with van der Waals surface area (Å²) >= 11 is 0. The van der Waals surface area contributed by atoms with Crippen LogP contribution in [0.2, 0.25) is 0 Å². The van der Waals surface area contributed by atoms with Gasteiger partial charge in [-0.1, -0.05) is 36.4 Å². The molecule has 0 bridgehead atoms. The van der Waals surface area contributed by atoms with Crippen LogP contribution in [0.3, 0.4) is 0 Å². The molecule has 0 fully saturated rings. The third-order valence-corrected chi connectivity index (χ3v) is 3.37. The Kier molecular flexibility index (Phi) is 3.50. The van der Waals surface area contributed by atoms with E-state index >= 15 is 0 Å². The first kappa shape index (κ1) is 13.5. The van der Waals surface area contributed by atoms with Crippen LogP contribution in [-0.2, 0) is 6.54 Å². The molecule has 3 rings (SSSR count). The summed E-state index contributed by atoms with van der Waals surface area (Å²) in [4.78, 5) is 12.3. The first-order chi connectivity index (χ1) is 10.2. The van der Waals surface area contributed by atoms with Crippen molar-refractivity contribution in [1.82, 2.24) is 9.78 Å². The summed E-state index contributed by atoms with van der Waals surface area (Å²) in [5.41, 5.74) is -0.150. The fourth-order valence-electron chi connectivity index (χ4n) is 2.27. The third kappa shape index (κ3) is 2.55. The maximum atomic E-state index is 13.6. The largest absolute Gasteiger partial charge is 0.386 e. The van der Waals surface area contributed by atoms with Gasteiger partial charge in [-0.2, -0.15) is 5.10 Å². The predicted octanol–water partition coefficient (Wildman–Crippen LogP) is 2.27. The van der Waals surface area contributed by atoms with Crippen LogP contribution >= 0.6 is 0 Å². The highest BCUT2D eigenvalue weighted by molar-refractivity contribution is 5.80. The van der Waals surface area contributed by atoms with E-state index in [1.807, 2.05) is 6.07 Å². The van der Waals surface area contributed by atoms with Crippen LogP contribution in [0.25, 0.3) is 10.8 Å². The van der Waals surface area contributed by atoms with Gasteiger partial charge in [0.25, 0.3) is 5.56 Å². The highest BCUT2D eigenvalue weighted by Gasteiger charge is 2.14. The maximum Gasteiger partial charge on any atom is 0.274 e. The van der Waals surface area contributed by atoms with Crippen molar-refractivity contribution >= 4 is 10.8 Å². The Morgan fingerprint density at radius 1 is 1.14 bits per heavy atom. The minimum Gasteiger partial charge on any atom is -0.386 e. The van der Waals surface area contributed by atoms with Crippen LogP contribution < -0.4 is 5.56 Å². The average molecular weight is 284 g/mol. The number of hydrogen-bond donors (Lipinski definition) is 1. The predicted molar refractivity (Wildman–Crippen MR) is 77.4 cm³/mol. The average Bonchev–Trinajstić information content (AvgIpc) is 2.51. The molecule has 0 spiro atoms. The molecule has 1 unspecified atom stereocenters. The second kappa shape index (κ2) is 5.46. The van der Waals surface area contributed by atoms with E-state index in [1.54, 1.807) is 36.5 Å². The number of halogens is 1. The Hall–Kier alpha value is -2.53. The zero-order valence-electron chi connectivity index (χ0n) is 11.1. The lowest BCUT2D eigenvalue weighted by atomic mass is 10.1. The van der Waals surface area contributed by atoms with Crippen LogP contribution in [0.4, 0.5) is 4.39 Å². The van der Waals surface area contributed by atoms with E-state index in [4.69, 9.17) is 0 Å². The number of hydrogen-bond acceptors (Lipinski definition) is 3. The summed E-state index contributed by atoms with van der Waals surface area (Å²) in [6, 6.07) is 13.0. The van der Waals surface area contributed by atoms with Gasteiger partial charge in [0.15, 0.2) is 0 Å². The van der Waals surface area contributed by atoms with Crippen LogP contribution in [0, 0.1) is 5.82 Å². The molecule has 1 heterocycles. The van der Waals surface area contributed by atoms with Crippen LogP contribution in [0.5, 0.6) is 0 Å². The minimum absolute atomic E-state index is 0.0927. The van der Waals surface area contributed by atoms with E-state index in [-0.39, 0.29) is 17.7 Å². The Morgan fingerprint density at radius 3 is 2.67 bits per heavy atom. The summed E-state index contributed by atoms with van der Waals surface area (Å²) in [6.07, 6.45) is 0.433. The SMILES string of the molecule is O=c1c2ccccc2cnn1CC(O)c1ccccc1F. The number of rotatable bonds is 3. The van der Waals surface area contributed by atoms with Crippen molar-refractivity contribution in [1.29, 1.82) is 0 Å². The molecule has 0 amide bonds. The highest BCUT2D eigenvalue weighted by atomic mass is 19.1. The lowest BCUT2D eigenvalue weighted by Crippen LogP contribution is -2.26. The molecule has 0 aliphatic carbocycles. The van der Waals surface area contributed by atoms with E-state index < -0.39 is 11.9 Å². The molecule has 4 nitrogen and oxygen atoms in total. The molecular formula is C16H13FN2O2. The molecule has 106 valence electrons. The number of benzene rings is 2. The van der Waals surface area contributed by atoms with Gasteiger partial charge in [0, 0.05) is 10.9 Å². The summed E-state index contributed by atoms with van der Waals surface area (Å²) in [6.45, 7) is -0.0927. The lowest BCUT2D eigenvalue weighted by molar-refractivity contribution is 0.145. The van der Waals surface area contributed by atoms with Crippen molar-refractivity contribution in [3.63, 3.8) is 0 Å². The van der Waals surface area contributed by atoms with Gasteiger partial charge in [0.1, 0.15) is 11.9 Å². The standard InChI is InChI=1S/C16H13FN2O2/c17-14-8-4-3-7-13(14)15(20)10-19-16(21)12-6-2-1-5-11(12)9-18-19/h1-9,15,20H,10H2. The quantitative estimate of drug-likeness (QED) is 0.802. The van der Waals surface area contributed by atoms with Gasteiger partial charge in [-0.05, 0) is 12.1 Å². The van der Waals surface area contributed by atoms with Gasteiger partial charge in [0.05, 0.1) is 18.1 Å². The molecule has 0 saturated carbocycles. The zero-order valence-corrected chi connectivity index (χ0v) is 11.1. The molecule has 0 saturated heterocycles. The first-order valence-electron chi connectivity index (χ1n) is 6.54. The van der Waals surface area contributed by atoms with Gasteiger partial charge in [-0.15, -0.1) is 0 Å². The Balaban J connectivity index is 1.97. The fourth-order valence-corrected chi connectivity index (χ4v) is 2.27. The summed E-state index contributed by atoms with van der Waals surface area (Å²) in [5.74, 6) is -0.501. The Labute approximate surface area is 120 Å². The molecule has 5 heteroatoms. The molecule has 3 aromatic rings. The number of aliphatic hydroxyl groups excluding tert-OH is 1. The normalized spacial score (nSPS) is 12.5. The van der Waals surface area contributed by atoms with E-state index in [9.17, 15) is 14.3 Å². The highest BCUT2D eigenvalue weighted by Crippen LogP contribution is 2.17. The summed E-state index contributed by atoms with van der Waals surface area (Å²) in [7, 11) is 0. The monoisotopic (exact) mass is 284 g/mol. The van der Waals surface area contributed by atoms with Crippen molar-refractivity contribution in [2.75, 3.05) is 0 Å². The summed E-state index contributed by atoms with van der Waals surface area (Å²) in [5, 5.41) is 15.4. The van der Waals surface area contributed by atoms with Crippen LogP contribution in [-0.4, -0.2) is 14.9 Å². The second-order valence-electron chi connectivity index (χ2n) is 4.76. The molecule has 21 heavy (non-hydrogen) atoms. The minimum atomic E-state index is -1.13. The zero-order chi connectivity index (χ0) is 14.8. The van der Waals surface area contributed by atoms with E-state index in [0.29, 0.717) is 5.39 Å². The van der Waals surface area contributed by atoms with Gasteiger partial charge >= 0.3 is 0 Å². The van der Waals surface area contributed by atoms with Crippen LogP contribution in [0.1, 0.15) is 11.7 Å². The third-order valence-electron chi connectivity index (χ3n) is 3.37. The molecular weight excluding hydrogens is 271 g/mol. The van der Waals surface area contributed by atoms with Gasteiger partial charge < -0.3 is 5.11 Å². The smallest absolute Gasteiger partial charge is 0.274 e. The van der Waals surface area contributed by atoms with Crippen molar-refractivity contribution in [3.8, 4) is 0 Å². The maximum absolute atomic E-state index is 13.6. The fraction of sp³-hybridized carbons (Fsp3) is 0.125. The van der Waals surface area contributed by atoms with Crippen molar-refractivity contribution in [2.24, 2.45) is 0 Å². The molecule has 0 aliphatic rings. The first-order valence-corrected chi connectivity index (χ1v) is 6.54. The molecule has 0 aliphatic heterocycles. The topological polar surface area (TPSA) is 55.1 Å². The van der Waals surface area contributed by atoms with Gasteiger partial charge in [-0.25, -0.2) is 9.07 Å². The molecule has 1 aromatic heterocycles. The Morgan fingerprint density at radius 2 is 1.86 bits per heavy atom. The Bertz CT molecular complexity index is 845. The van der Waals surface area contributed by atoms with Gasteiger partial charge in [-0.3, -0.25) is 4.79 Å². The van der Waals surface area contributed by atoms with E-state index in [2.05, 4.69) is 5.10 Å². The summed E-state index contributed by atoms with van der Waals surface area (Å²) < 4.78 is 14.8.